The van der Waals surface area contributed by atoms with Crippen LogP contribution in [0.25, 0.3) is 0 Å². The molecule has 1 aliphatic rings. The third-order valence-corrected chi connectivity index (χ3v) is 5.05. The van der Waals surface area contributed by atoms with E-state index in [9.17, 15) is 18.0 Å². The van der Waals surface area contributed by atoms with Crippen LogP contribution >= 0.6 is 0 Å². The second-order valence-electron chi connectivity index (χ2n) is 5.29. The number of aryl methyl sites for hydroxylation is 1. The third kappa shape index (κ3) is 2.56. The molecule has 8 nitrogen and oxygen atoms in total. The quantitative estimate of drug-likeness (QED) is 0.684. The molecule has 1 heterocycles. The van der Waals surface area contributed by atoms with E-state index in [4.69, 9.17) is 5.73 Å². The van der Waals surface area contributed by atoms with Crippen LogP contribution in [0.3, 0.4) is 0 Å². The Labute approximate surface area is 116 Å². The van der Waals surface area contributed by atoms with Crippen molar-refractivity contribution < 1.29 is 8.42 Å². The minimum absolute atomic E-state index is 0.0847. The molecule has 2 rings (SSSR count). The van der Waals surface area contributed by atoms with Crippen molar-refractivity contribution in [3.63, 3.8) is 0 Å². The van der Waals surface area contributed by atoms with Crippen molar-refractivity contribution in [3.8, 4) is 0 Å². The van der Waals surface area contributed by atoms with E-state index >= 15 is 0 Å². The van der Waals surface area contributed by atoms with Gasteiger partial charge in [-0.2, -0.15) is 0 Å². The molecule has 0 amide bonds. The van der Waals surface area contributed by atoms with E-state index in [2.05, 4.69) is 4.72 Å². The summed E-state index contributed by atoms with van der Waals surface area (Å²) >= 11 is 0. The van der Waals surface area contributed by atoms with Crippen LogP contribution in [0.5, 0.6) is 0 Å². The Hall–Kier alpha value is -1.45. The Morgan fingerprint density at radius 3 is 2.45 bits per heavy atom. The Balaban J connectivity index is 2.35. The molecule has 0 bridgehead atoms. The fourth-order valence-electron chi connectivity index (χ4n) is 2.08. The van der Waals surface area contributed by atoms with E-state index in [1.807, 2.05) is 0 Å². The number of sulfonamides is 1. The lowest BCUT2D eigenvalue weighted by molar-refractivity contribution is 0.251. The first kappa shape index (κ1) is 14.9. The summed E-state index contributed by atoms with van der Waals surface area (Å²) in [6.07, 6.45) is 3.50. The van der Waals surface area contributed by atoms with Gasteiger partial charge in [-0.3, -0.25) is 9.36 Å². The van der Waals surface area contributed by atoms with E-state index in [0.29, 0.717) is 0 Å². The van der Waals surface area contributed by atoms with Crippen molar-refractivity contribution in [2.24, 2.45) is 19.8 Å². The first-order valence-electron chi connectivity index (χ1n) is 6.21. The standard InChI is InChI=1S/C11H18N4O4S/c1-14-6-8(9(16)15(2)10(14)17)20(18,19)13-7-11(12)4-3-5-11/h6,13H,3-5,7,12H2,1-2H3. The molecule has 1 saturated carbocycles. The Morgan fingerprint density at radius 1 is 1.35 bits per heavy atom. The molecule has 0 atom stereocenters. The summed E-state index contributed by atoms with van der Waals surface area (Å²) < 4.78 is 28.5. The molecule has 1 aromatic heterocycles. The zero-order chi connectivity index (χ0) is 15.1. The predicted molar refractivity (Wildman–Crippen MR) is 72.9 cm³/mol. The molecule has 0 radical (unpaired) electrons. The van der Waals surface area contributed by atoms with Gasteiger partial charge in [0.1, 0.15) is 0 Å². The van der Waals surface area contributed by atoms with Gasteiger partial charge in [-0.05, 0) is 19.3 Å². The number of nitrogens with one attached hydrogen (secondary N) is 1. The van der Waals surface area contributed by atoms with Crippen LogP contribution in [0.1, 0.15) is 19.3 Å². The molecule has 0 spiro atoms. The van der Waals surface area contributed by atoms with Crippen LogP contribution in [0.4, 0.5) is 0 Å². The average molecular weight is 302 g/mol. The Morgan fingerprint density at radius 2 is 1.95 bits per heavy atom. The number of nitrogens with two attached hydrogens (primary N) is 1. The van der Waals surface area contributed by atoms with E-state index in [0.717, 1.165) is 34.6 Å². The average Bonchev–Trinajstić information content (AvgIpc) is 2.35. The number of aromatic nitrogens is 2. The van der Waals surface area contributed by atoms with Crippen molar-refractivity contribution in [2.75, 3.05) is 6.54 Å². The molecule has 0 aromatic carbocycles. The Bertz CT molecular complexity index is 743. The third-order valence-electron chi connectivity index (χ3n) is 3.67. The fourth-order valence-corrected chi connectivity index (χ4v) is 3.38. The zero-order valence-electron chi connectivity index (χ0n) is 11.4. The topological polar surface area (TPSA) is 116 Å². The van der Waals surface area contributed by atoms with Gasteiger partial charge in [0.2, 0.25) is 10.0 Å². The number of rotatable bonds is 4. The Kier molecular flexibility index (Phi) is 3.61. The summed E-state index contributed by atoms with van der Waals surface area (Å²) in [6, 6.07) is 0. The monoisotopic (exact) mass is 302 g/mol. The van der Waals surface area contributed by atoms with E-state index in [1.165, 1.54) is 14.1 Å². The first-order valence-corrected chi connectivity index (χ1v) is 7.70. The minimum atomic E-state index is -3.99. The SMILES string of the molecule is Cn1cc(S(=O)(=O)NCC2(N)CCC2)c(=O)n(C)c1=O. The second kappa shape index (κ2) is 4.83. The highest BCUT2D eigenvalue weighted by atomic mass is 32.2. The maximum absolute atomic E-state index is 12.2. The van der Waals surface area contributed by atoms with Crippen LogP contribution in [-0.4, -0.2) is 29.6 Å². The van der Waals surface area contributed by atoms with Crippen molar-refractivity contribution in [1.82, 2.24) is 13.9 Å². The van der Waals surface area contributed by atoms with Gasteiger partial charge in [0.25, 0.3) is 5.56 Å². The highest BCUT2D eigenvalue weighted by Gasteiger charge is 2.34. The summed E-state index contributed by atoms with van der Waals surface area (Å²) in [5.41, 5.74) is 3.99. The summed E-state index contributed by atoms with van der Waals surface area (Å²) in [4.78, 5) is 23.0. The molecule has 1 fully saturated rings. The molecule has 0 aliphatic heterocycles. The molecule has 0 saturated heterocycles. The smallest absolute Gasteiger partial charge is 0.324 e. The van der Waals surface area contributed by atoms with Crippen LogP contribution in [-0.2, 0) is 24.1 Å². The van der Waals surface area contributed by atoms with Crippen molar-refractivity contribution in [2.45, 2.75) is 29.7 Å². The van der Waals surface area contributed by atoms with Crippen LogP contribution in [0, 0.1) is 0 Å². The molecule has 1 aliphatic carbocycles. The summed E-state index contributed by atoms with van der Waals surface area (Å²) in [6.45, 7) is 0.0847. The number of hydrogen-bond donors (Lipinski definition) is 2. The molecule has 0 unspecified atom stereocenters. The fraction of sp³-hybridized carbons (Fsp3) is 0.636. The molecular formula is C11H18N4O4S. The molecule has 112 valence electrons. The van der Waals surface area contributed by atoms with Gasteiger partial charge in [-0.25, -0.2) is 17.9 Å². The molecule has 9 heteroatoms. The predicted octanol–water partition coefficient (Wildman–Crippen LogP) is -1.76. The van der Waals surface area contributed by atoms with Crippen LogP contribution in [0.15, 0.2) is 20.7 Å². The van der Waals surface area contributed by atoms with Crippen LogP contribution in [0.2, 0.25) is 0 Å². The maximum Gasteiger partial charge on any atom is 0.330 e. The van der Waals surface area contributed by atoms with Crippen molar-refractivity contribution in [1.29, 1.82) is 0 Å². The minimum Gasteiger partial charge on any atom is -0.324 e. The van der Waals surface area contributed by atoms with Gasteiger partial charge >= 0.3 is 5.69 Å². The lowest BCUT2D eigenvalue weighted by Gasteiger charge is -2.37. The van der Waals surface area contributed by atoms with Crippen molar-refractivity contribution >= 4 is 10.0 Å². The van der Waals surface area contributed by atoms with Gasteiger partial charge in [-0.1, -0.05) is 0 Å². The van der Waals surface area contributed by atoms with E-state index in [-0.39, 0.29) is 6.54 Å². The van der Waals surface area contributed by atoms with Gasteiger partial charge in [0, 0.05) is 32.4 Å². The molecular weight excluding hydrogens is 284 g/mol. The van der Waals surface area contributed by atoms with Gasteiger partial charge < -0.3 is 10.3 Å². The molecule has 3 N–H and O–H groups in total. The van der Waals surface area contributed by atoms with Gasteiger partial charge in [0.15, 0.2) is 4.90 Å². The van der Waals surface area contributed by atoms with E-state index < -0.39 is 31.7 Å². The first-order chi connectivity index (χ1) is 9.16. The number of nitrogens with zero attached hydrogens (tertiary/aromatic N) is 2. The lowest BCUT2D eigenvalue weighted by atomic mass is 9.78. The molecule has 20 heavy (non-hydrogen) atoms. The lowest BCUT2D eigenvalue weighted by Crippen LogP contribution is -2.55. The van der Waals surface area contributed by atoms with Gasteiger partial charge in [-0.15, -0.1) is 0 Å². The normalized spacial score (nSPS) is 17.8. The largest absolute Gasteiger partial charge is 0.330 e. The highest BCUT2D eigenvalue weighted by Crippen LogP contribution is 2.28. The summed E-state index contributed by atoms with van der Waals surface area (Å²) in [5.74, 6) is 0. The van der Waals surface area contributed by atoms with Crippen molar-refractivity contribution in [3.05, 3.63) is 27.0 Å². The summed E-state index contributed by atoms with van der Waals surface area (Å²) in [5, 5.41) is 0. The summed E-state index contributed by atoms with van der Waals surface area (Å²) in [7, 11) is -1.36. The maximum atomic E-state index is 12.2. The van der Waals surface area contributed by atoms with E-state index in [1.54, 1.807) is 0 Å². The number of hydrogen-bond acceptors (Lipinski definition) is 5. The van der Waals surface area contributed by atoms with Crippen LogP contribution < -0.4 is 21.7 Å². The highest BCUT2D eigenvalue weighted by molar-refractivity contribution is 7.89. The molecule has 1 aromatic rings. The second-order valence-corrected chi connectivity index (χ2v) is 7.03. The van der Waals surface area contributed by atoms with Gasteiger partial charge in [0.05, 0.1) is 0 Å². The zero-order valence-corrected chi connectivity index (χ0v) is 12.2.